The average Bonchev–Trinajstić information content (AvgIpc) is 3.04. The van der Waals surface area contributed by atoms with Crippen molar-refractivity contribution in [2.45, 2.75) is 37.8 Å². The normalized spacial score (nSPS) is 27.9. The minimum atomic E-state index is -2.63. The third kappa shape index (κ3) is 2.71. The van der Waals surface area contributed by atoms with Crippen molar-refractivity contribution < 1.29 is 13.6 Å². The molecule has 0 radical (unpaired) electrons. The summed E-state index contributed by atoms with van der Waals surface area (Å²) in [6.45, 7) is 1.95. The zero-order chi connectivity index (χ0) is 15.3. The summed E-state index contributed by atoms with van der Waals surface area (Å²) in [5, 5.41) is 7.94. The van der Waals surface area contributed by atoms with Crippen molar-refractivity contribution >= 4 is 5.91 Å². The zero-order valence-corrected chi connectivity index (χ0v) is 12.3. The molecule has 0 aromatic carbocycles. The zero-order valence-electron chi connectivity index (χ0n) is 12.3. The van der Waals surface area contributed by atoms with Gasteiger partial charge in [0.05, 0.1) is 12.7 Å². The Bertz CT molecular complexity index is 586. The molecule has 0 N–H and O–H groups in total. The van der Waals surface area contributed by atoms with Crippen LogP contribution in [0.15, 0.2) is 6.20 Å². The van der Waals surface area contributed by atoms with Gasteiger partial charge in [-0.2, -0.15) is 0 Å². The van der Waals surface area contributed by atoms with E-state index in [0.29, 0.717) is 31.2 Å². The fraction of sp³-hybridized carbons (Fsp3) is 0.786. The van der Waals surface area contributed by atoms with E-state index in [-0.39, 0.29) is 24.9 Å². The Kier molecular flexibility index (Phi) is 3.18. The number of alkyl halides is 2. The number of carbonyl (C=O) groups excluding carboxylic acids is 1. The van der Waals surface area contributed by atoms with Crippen molar-refractivity contribution in [2.24, 2.45) is 5.92 Å². The van der Waals surface area contributed by atoms with E-state index >= 15 is 0 Å². The summed E-state index contributed by atoms with van der Waals surface area (Å²) in [6.07, 6.45) is 3.93. The maximum Gasteiger partial charge on any atom is 0.276 e. The molecule has 0 unspecified atom stereocenters. The van der Waals surface area contributed by atoms with Crippen LogP contribution in [-0.2, 0) is 6.54 Å². The van der Waals surface area contributed by atoms with Crippen molar-refractivity contribution in [3.05, 3.63) is 11.9 Å². The molecule has 6 nitrogen and oxygen atoms in total. The first-order chi connectivity index (χ1) is 10.5. The first kappa shape index (κ1) is 14.0. The van der Waals surface area contributed by atoms with Crippen LogP contribution in [0, 0.1) is 5.92 Å². The second-order valence-electron chi connectivity index (χ2n) is 6.70. The van der Waals surface area contributed by atoms with Crippen LogP contribution in [0.4, 0.5) is 8.78 Å². The van der Waals surface area contributed by atoms with Crippen molar-refractivity contribution in [2.75, 3.05) is 26.2 Å². The predicted octanol–water partition coefficient (Wildman–Crippen LogP) is 0.853. The molecular formula is C14H19F2N5O. The van der Waals surface area contributed by atoms with Crippen molar-refractivity contribution in [1.29, 1.82) is 0 Å². The van der Waals surface area contributed by atoms with E-state index in [1.165, 1.54) is 12.8 Å². The smallest absolute Gasteiger partial charge is 0.276 e. The SMILES string of the molecule is O=C(c1cn(CC2CC2)nn1)N1CCN2CC(F)(F)C[C@H]2C1. The number of nitrogens with zero attached hydrogens (tertiary/aromatic N) is 5. The molecule has 0 spiro atoms. The molecule has 2 saturated heterocycles. The summed E-state index contributed by atoms with van der Waals surface area (Å²) < 4.78 is 28.6. The van der Waals surface area contributed by atoms with Crippen LogP contribution in [0.2, 0.25) is 0 Å². The molecule has 22 heavy (non-hydrogen) atoms. The van der Waals surface area contributed by atoms with Crippen LogP contribution >= 0.6 is 0 Å². The van der Waals surface area contributed by atoms with E-state index in [1.54, 1.807) is 20.7 Å². The van der Waals surface area contributed by atoms with E-state index in [1.807, 2.05) is 0 Å². The monoisotopic (exact) mass is 311 g/mol. The number of aromatic nitrogens is 3. The molecular weight excluding hydrogens is 292 g/mol. The van der Waals surface area contributed by atoms with Crippen LogP contribution in [0.5, 0.6) is 0 Å². The molecule has 1 aliphatic carbocycles. The highest BCUT2D eigenvalue weighted by Gasteiger charge is 2.47. The lowest BCUT2D eigenvalue weighted by molar-refractivity contribution is 0.0121. The van der Waals surface area contributed by atoms with Gasteiger partial charge < -0.3 is 4.90 Å². The number of carbonyl (C=O) groups is 1. The van der Waals surface area contributed by atoms with Crippen LogP contribution in [-0.4, -0.2) is 68.8 Å². The molecule has 1 aromatic heterocycles. The van der Waals surface area contributed by atoms with Gasteiger partial charge in [-0.25, -0.2) is 8.78 Å². The van der Waals surface area contributed by atoms with E-state index in [4.69, 9.17) is 0 Å². The van der Waals surface area contributed by atoms with Gasteiger partial charge in [0.2, 0.25) is 0 Å². The summed E-state index contributed by atoms with van der Waals surface area (Å²) in [5.74, 6) is -2.16. The first-order valence-electron chi connectivity index (χ1n) is 7.81. The summed E-state index contributed by atoms with van der Waals surface area (Å²) >= 11 is 0. The standard InChI is InChI=1S/C14H19F2N5O/c15-14(16)5-11-7-19(3-4-20(11)9-14)13(22)12-8-21(18-17-12)6-10-1-2-10/h8,10-11H,1-7,9H2/t11-/m0/s1. The fourth-order valence-electron chi connectivity index (χ4n) is 3.40. The first-order valence-corrected chi connectivity index (χ1v) is 7.81. The summed E-state index contributed by atoms with van der Waals surface area (Å²) in [7, 11) is 0. The summed E-state index contributed by atoms with van der Waals surface area (Å²) in [4.78, 5) is 15.9. The molecule has 3 fully saturated rings. The van der Waals surface area contributed by atoms with E-state index in [9.17, 15) is 13.6 Å². The largest absolute Gasteiger partial charge is 0.334 e. The Labute approximate surface area is 127 Å². The van der Waals surface area contributed by atoms with Gasteiger partial charge in [-0.15, -0.1) is 5.10 Å². The molecule has 1 saturated carbocycles. The predicted molar refractivity (Wildman–Crippen MR) is 73.6 cm³/mol. The third-order valence-electron chi connectivity index (χ3n) is 4.76. The van der Waals surface area contributed by atoms with Gasteiger partial charge in [0.15, 0.2) is 5.69 Å². The van der Waals surface area contributed by atoms with E-state index in [2.05, 4.69) is 10.3 Å². The number of rotatable bonds is 3. The van der Waals surface area contributed by atoms with Gasteiger partial charge in [-0.3, -0.25) is 14.4 Å². The minimum Gasteiger partial charge on any atom is -0.334 e. The maximum absolute atomic E-state index is 13.5. The Morgan fingerprint density at radius 3 is 2.95 bits per heavy atom. The van der Waals surface area contributed by atoms with Crippen LogP contribution in [0.1, 0.15) is 29.8 Å². The number of hydrogen-bond donors (Lipinski definition) is 0. The van der Waals surface area contributed by atoms with E-state index in [0.717, 1.165) is 6.54 Å². The van der Waals surface area contributed by atoms with Gasteiger partial charge in [0, 0.05) is 38.6 Å². The topological polar surface area (TPSA) is 54.3 Å². The van der Waals surface area contributed by atoms with Crippen molar-refractivity contribution in [3.8, 4) is 0 Å². The second-order valence-corrected chi connectivity index (χ2v) is 6.70. The van der Waals surface area contributed by atoms with Crippen LogP contribution in [0.25, 0.3) is 0 Å². The molecule has 1 amide bonds. The lowest BCUT2D eigenvalue weighted by atomic mass is 10.1. The molecule has 3 heterocycles. The average molecular weight is 311 g/mol. The lowest BCUT2D eigenvalue weighted by Gasteiger charge is -2.36. The molecule has 0 bridgehead atoms. The maximum atomic E-state index is 13.5. The Morgan fingerprint density at radius 1 is 1.36 bits per heavy atom. The molecule has 120 valence electrons. The Hall–Kier alpha value is -1.57. The highest BCUT2D eigenvalue weighted by molar-refractivity contribution is 5.92. The summed E-state index contributed by atoms with van der Waals surface area (Å²) in [5.41, 5.74) is 0.318. The number of fused-ring (bicyclic) bond motifs is 1. The Morgan fingerprint density at radius 2 is 2.18 bits per heavy atom. The van der Waals surface area contributed by atoms with E-state index < -0.39 is 5.92 Å². The minimum absolute atomic E-state index is 0.162. The number of amides is 1. The van der Waals surface area contributed by atoms with Gasteiger partial charge >= 0.3 is 0 Å². The molecule has 1 aromatic rings. The molecule has 3 aliphatic rings. The second kappa shape index (κ2) is 4.97. The van der Waals surface area contributed by atoms with Crippen LogP contribution < -0.4 is 0 Å². The third-order valence-corrected chi connectivity index (χ3v) is 4.76. The number of hydrogen-bond acceptors (Lipinski definition) is 4. The molecule has 4 rings (SSSR count). The van der Waals surface area contributed by atoms with Gasteiger partial charge in [-0.05, 0) is 18.8 Å². The molecule has 1 atom stereocenters. The van der Waals surface area contributed by atoms with Gasteiger partial charge in [-0.1, -0.05) is 5.21 Å². The lowest BCUT2D eigenvalue weighted by Crippen LogP contribution is -2.52. The number of halogens is 2. The highest BCUT2D eigenvalue weighted by atomic mass is 19.3. The number of piperazine rings is 1. The van der Waals surface area contributed by atoms with Crippen molar-refractivity contribution in [3.63, 3.8) is 0 Å². The highest BCUT2D eigenvalue weighted by Crippen LogP contribution is 2.34. The quantitative estimate of drug-likeness (QED) is 0.830. The summed E-state index contributed by atoms with van der Waals surface area (Å²) in [6, 6.07) is -0.241. The van der Waals surface area contributed by atoms with Gasteiger partial charge in [0.25, 0.3) is 11.8 Å². The molecule has 2 aliphatic heterocycles. The van der Waals surface area contributed by atoms with Crippen LogP contribution in [0.3, 0.4) is 0 Å². The Balaban J connectivity index is 1.41. The molecule has 8 heteroatoms. The van der Waals surface area contributed by atoms with Crippen molar-refractivity contribution in [1.82, 2.24) is 24.8 Å². The fourth-order valence-corrected chi connectivity index (χ4v) is 3.40. The van der Waals surface area contributed by atoms with Gasteiger partial charge in [0.1, 0.15) is 0 Å².